The summed E-state index contributed by atoms with van der Waals surface area (Å²) in [6, 6.07) is 4.21. The van der Waals surface area contributed by atoms with Gasteiger partial charge in [-0.15, -0.1) is 5.10 Å². The number of aromatic amines is 1. The van der Waals surface area contributed by atoms with Gasteiger partial charge in [0.2, 0.25) is 0 Å². The SMILES string of the molecule is CCn1c(SCc2cccc(C(=O)O)c2F)n[nH]c1=O. The third-order valence-electron chi connectivity index (χ3n) is 2.71. The van der Waals surface area contributed by atoms with Crippen molar-refractivity contribution in [2.24, 2.45) is 0 Å². The number of aromatic carboxylic acids is 1. The van der Waals surface area contributed by atoms with Gasteiger partial charge in [-0.2, -0.15) is 0 Å². The number of nitrogens with zero attached hydrogens (tertiary/aromatic N) is 2. The summed E-state index contributed by atoms with van der Waals surface area (Å²) in [6.45, 7) is 2.25. The minimum atomic E-state index is -1.31. The second-order valence-electron chi connectivity index (χ2n) is 3.93. The molecule has 0 aliphatic rings. The minimum absolute atomic E-state index is 0.192. The second kappa shape index (κ2) is 5.91. The van der Waals surface area contributed by atoms with Crippen LogP contribution in [-0.2, 0) is 12.3 Å². The fourth-order valence-electron chi connectivity index (χ4n) is 1.69. The number of aromatic nitrogens is 3. The summed E-state index contributed by atoms with van der Waals surface area (Å²) in [4.78, 5) is 22.2. The molecule has 0 fully saturated rings. The first kappa shape index (κ1) is 14.3. The van der Waals surface area contributed by atoms with Gasteiger partial charge in [-0.3, -0.25) is 4.57 Å². The average molecular weight is 297 g/mol. The maximum atomic E-state index is 13.9. The summed E-state index contributed by atoms with van der Waals surface area (Å²) in [5.41, 5.74) is -0.430. The largest absolute Gasteiger partial charge is 0.478 e. The van der Waals surface area contributed by atoms with E-state index in [0.29, 0.717) is 11.7 Å². The molecule has 1 aromatic carbocycles. The Bertz CT molecular complexity index is 695. The highest BCUT2D eigenvalue weighted by molar-refractivity contribution is 7.98. The summed E-state index contributed by atoms with van der Waals surface area (Å²) in [6.07, 6.45) is 0. The van der Waals surface area contributed by atoms with Crippen LogP contribution in [-0.4, -0.2) is 25.8 Å². The van der Waals surface area contributed by atoms with E-state index >= 15 is 0 Å². The Balaban J connectivity index is 2.21. The topological polar surface area (TPSA) is 88.0 Å². The summed E-state index contributed by atoms with van der Waals surface area (Å²) >= 11 is 1.17. The number of halogens is 1. The number of H-pyrrole nitrogens is 1. The van der Waals surface area contributed by atoms with Crippen molar-refractivity contribution in [1.82, 2.24) is 14.8 Å². The Morgan fingerprint density at radius 3 is 2.95 bits per heavy atom. The van der Waals surface area contributed by atoms with Crippen molar-refractivity contribution in [1.29, 1.82) is 0 Å². The number of benzene rings is 1. The maximum Gasteiger partial charge on any atom is 0.343 e. The molecule has 1 heterocycles. The van der Waals surface area contributed by atoms with E-state index in [1.807, 2.05) is 0 Å². The molecule has 0 unspecified atom stereocenters. The van der Waals surface area contributed by atoms with Gasteiger partial charge in [0.15, 0.2) is 5.16 Å². The van der Waals surface area contributed by atoms with Gasteiger partial charge in [-0.1, -0.05) is 23.9 Å². The highest BCUT2D eigenvalue weighted by Crippen LogP contribution is 2.23. The predicted molar refractivity (Wildman–Crippen MR) is 71.4 cm³/mol. The number of carbonyl (C=O) groups is 1. The van der Waals surface area contributed by atoms with Crippen LogP contribution in [0.15, 0.2) is 28.2 Å². The van der Waals surface area contributed by atoms with E-state index in [1.165, 1.54) is 34.5 Å². The van der Waals surface area contributed by atoms with E-state index in [1.54, 1.807) is 6.92 Å². The molecule has 0 saturated carbocycles. The number of thioether (sulfide) groups is 1. The van der Waals surface area contributed by atoms with Gasteiger partial charge in [0.25, 0.3) is 0 Å². The second-order valence-corrected chi connectivity index (χ2v) is 4.87. The highest BCUT2D eigenvalue weighted by atomic mass is 32.2. The van der Waals surface area contributed by atoms with Crippen LogP contribution in [0.3, 0.4) is 0 Å². The average Bonchev–Trinajstić information content (AvgIpc) is 2.77. The molecular weight excluding hydrogens is 285 g/mol. The lowest BCUT2D eigenvalue weighted by atomic mass is 10.1. The van der Waals surface area contributed by atoms with E-state index in [9.17, 15) is 14.0 Å². The lowest BCUT2D eigenvalue weighted by molar-refractivity contribution is 0.0691. The third kappa shape index (κ3) is 2.74. The molecule has 0 aliphatic carbocycles. The molecule has 0 atom stereocenters. The van der Waals surface area contributed by atoms with Crippen LogP contribution in [0.2, 0.25) is 0 Å². The predicted octanol–water partition coefficient (Wildman–Crippen LogP) is 1.72. The zero-order chi connectivity index (χ0) is 14.7. The van der Waals surface area contributed by atoms with Crippen LogP contribution in [0.1, 0.15) is 22.8 Å². The van der Waals surface area contributed by atoms with Gasteiger partial charge in [-0.25, -0.2) is 19.1 Å². The Hall–Kier alpha value is -2.09. The van der Waals surface area contributed by atoms with Gasteiger partial charge >= 0.3 is 11.7 Å². The number of nitrogens with one attached hydrogen (secondary N) is 1. The van der Waals surface area contributed by atoms with Crippen LogP contribution < -0.4 is 5.69 Å². The number of carboxylic acids is 1. The zero-order valence-electron chi connectivity index (χ0n) is 10.6. The third-order valence-corrected chi connectivity index (χ3v) is 3.73. The summed E-state index contributed by atoms with van der Waals surface area (Å²) in [5.74, 6) is -1.87. The Morgan fingerprint density at radius 2 is 2.30 bits per heavy atom. The quantitative estimate of drug-likeness (QED) is 0.820. The molecule has 0 saturated heterocycles. The molecule has 106 valence electrons. The molecule has 0 bridgehead atoms. The van der Waals surface area contributed by atoms with E-state index < -0.39 is 11.8 Å². The van der Waals surface area contributed by atoms with E-state index in [0.717, 1.165) is 0 Å². The van der Waals surface area contributed by atoms with Crippen molar-refractivity contribution in [2.75, 3.05) is 0 Å². The fourth-order valence-corrected chi connectivity index (χ4v) is 2.68. The number of carboxylic acid groups (broad SMARTS) is 1. The standard InChI is InChI=1S/C12H12FN3O3S/c1-2-16-11(19)14-15-12(16)20-6-7-4-3-5-8(9(7)13)10(17)18/h3-5H,2,6H2,1H3,(H,14,19)(H,17,18). The lowest BCUT2D eigenvalue weighted by Gasteiger charge is -2.05. The molecule has 8 heteroatoms. The first-order chi connectivity index (χ1) is 9.54. The first-order valence-corrected chi connectivity index (χ1v) is 6.81. The minimum Gasteiger partial charge on any atom is -0.478 e. The molecule has 2 N–H and O–H groups in total. The van der Waals surface area contributed by atoms with Crippen LogP contribution in [0, 0.1) is 5.82 Å². The molecule has 20 heavy (non-hydrogen) atoms. The van der Waals surface area contributed by atoms with Crippen molar-refractivity contribution in [3.63, 3.8) is 0 Å². The molecule has 0 amide bonds. The molecule has 0 radical (unpaired) electrons. The maximum absolute atomic E-state index is 13.9. The van der Waals surface area contributed by atoms with Gasteiger partial charge in [0.05, 0.1) is 5.56 Å². The van der Waals surface area contributed by atoms with Crippen molar-refractivity contribution in [3.05, 3.63) is 45.6 Å². The zero-order valence-corrected chi connectivity index (χ0v) is 11.4. The Kier molecular flexibility index (Phi) is 4.23. The van der Waals surface area contributed by atoms with Crippen molar-refractivity contribution in [2.45, 2.75) is 24.4 Å². The molecule has 2 rings (SSSR count). The van der Waals surface area contributed by atoms with Crippen molar-refractivity contribution in [3.8, 4) is 0 Å². The number of hydrogen-bond donors (Lipinski definition) is 2. The summed E-state index contributed by atoms with van der Waals surface area (Å²) in [5, 5.41) is 15.4. The Labute approximate surface area is 117 Å². The summed E-state index contributed by atoms with van der Waals surface area (Å²) < 4.78 is 15.3. The van der Waals surface area contributed by atoms with Crippen LogP contribution in [0.25, 0.3) is 0 Å². The van der Waals surface area contributed by atoms with E-state index in [-0.39, 0.29) is 22.6 Å². The Morgan fingerprint density at radius 1 is 1.55 bits per heavy atom. The van der Waals surface area contributed by atoms with Crippen LogP contribution >= 0.6 is 11.8 Å². The van der Waals surface area contributed by atoms with Crippen LogP contribution in [0.4, 0.5) is 4.39 Å². The van der Waals surface area contributed by atoms with Crippen LogP contribution in [0.5, 0.6) is 0 Å². The summed E-state index contributed by atoms with van der Waals surface area (Å²) in [7, 11) is 0. The molecule has 0 aliphatic heterocycles. The molecule has 0 spiro atoms. The van der Waals surface area contributed by atoms with Gasteiger partial charge in [0.1, 0.15) is 5.82 Å². The van der Waals surface area contributed by atoms with Gasteiger partial charge in [0, 0.05) is 12.3 Å². The van der Waals surface area contributed by atoms with Crippen molar-refractivity contribution >= 4 is 17.7 Å². The molecule has 2 aromatic rings. The lowest BCUT2D eigenvalue weighted by Crippen LogP contribution is -2.16. The normalized spacial score (nSPS) is 10.7. The molecule has 6 nitrogen and oxygen atoms in total. The fraction of sp³-hybridized carbons (Fsp3) is 0.250. The number of rotatable bonds is 5. The number of hydrogen-bond acceptors (Lipinski definition) is 4. The smallest absolute Gasteiger partial charge is 0.343 e. The van der Waals surface area contributed by atoms with E-state index in [4.69, 9.17) is 5.11 Å². The molecule has 1 aromatic heterocycles. The highest BCUT2D eigenvalue weighted by Gasteiger charge is 2.15. The van der Waals surface area contributed by atoms with E-state index in [2.05, 4.69) is 10.2 Å². The van der Waals surface area contributed by atoms with Gasteiger partial charge in [-0.05, 0) is 18.6 Å². The van der Waals surface area contributed by atoms with Crippen molar-refractivity contribution < 1.29 is 14.3 Å². The van der Waals surface area contributed by atoms with Gasteiger partial charge < -0.3 is 5.11 Å². The monoisotopic (exact) mass is 297 g/mol. The first-order valence-electron chi connectivity index (χ1n) is 5.83. The molecular formula is C12H12FN3O3S.